The molecular formula is C14H17N3O3. The Labute approximate surface area is 116 Å². The second kappa shape index (κ2) is 6.18. The number of carbonyl (C=O) groups is 1. The smallest absolute Gasteiger partial charge is 0.354 e. The molecule has 0 amide bonds. The maximum atomic E-state index is 10.9. The zero-order chi connectivity index (χ0) is 14.5. The molecule has 0 saturated carbocycles. The topological polar surface area (TPSA) is 88.2 Å². The van der Waals surface area contributed by atoms with Crippen molar-refractivity contribution in [1.29, 1.82) is 0 Å². The lowest BCUT2D eigenvalue weighted by atomic mass is 10.1. The van der Waals surface area contributed by atoms with Crippen molar-refractivity contribution in [3.8, 4) is 0 Å². The lowest BCUT2D eigenvalue weighted by Crippen LogP contribution is -2.19. The van der Waals surface area contributed by atoms with Crippen LogP contribution in [0.4, 0.5) is 5.95 Å². The third-order valence-electron chi connectivity index (χ3n) is 2.85. The summed E-state index contributed by atoms with van der Waals surface area (Å²) in [5, 5.41) is 12.1. The fraction of sp³-hybridized carbons (Fsp3) is 0.357. The normalized spacial score (nSPS) is 12.1. The van der Waals surface area contributed by atoms with Crippen LogP contribution in [0.2, 0.25) is 0 Å². The molecule has 106 valence electrons. The molecule has 0 bridgehead atoms. The minimum absolute atomic E-state index is 0.00163. The average molecular weight is 275 g/mol. The van der Waals surface area contributed by atoms with Gasteiger partial charge in [0, 0.05) is 18.2 Å². The minimum atomic E-state index is -1.05. The molecule has 0 radical (unpaired) electrons. The SMILES string of the molecule is Cc1cc(C(=O)O)nc(NC(C)CCc2ccco2)n1. The highest BCUT2D eigenvalue weighted by atomic mass is 16.4. The number of hydrogen-bond acceptors (Lipinski definition) is 5. The third kappa shape index (κ3) is 3.81. The van der Waals surface area contributed by atoms with Crippen molar-refractivity contribution in [1.82, 2.24) is 9.97 Å². The second-order valence-corrected chi connectivity index (χ2v) is 4.69. The number of hydrogen-bond donors (Lipinski definition) is 2. The first kappa shape index (κ1) is 14.0. The molecule has 1 unspecified atom stereocenters. The van der Waals surface area contributed by atoms with E-state index in [0.717, 1.165) is 18.6 Å². The predicted octanol–water partition coefficient (Wildman–Crippen LogP) is 2.51. The zero-order valence-corrected chi connectivity index (χ0v) is 11.5. The van der Waals surface area contributed by atoms with Crippen LogP contribution in [0.3, 0.4) is 0 Å². The highest BCUT2D eigenvalue weighted by Crippen LogP contribution is 2.10. The van der Waals surface area contributed by atoms with E-state index in [-0.39, 0.29) is 11.7 Å². The van der Waals surface area contributed by atoms with Gasteiger partial charge >= 0.3 is 5.97 Å². The number of furan rings is 1. The summed E-state index contributed by atoms with van der Waals surface area (Å²) in [4.78, 5) is 19.1. The van der Waals surface area contributed by atoms with Crippen LogP contribution in [0.25, 0.3) is 0 Å². The maximum absolute atomic E-state index is 10.9. The molecule has 0 saturated heterocycles. The van der Waals surface area contributed by atoms with Crippen molar-refractivity contribution < 1.29 is 14.3 Å². The summed E-state index contributed by atoms with van der Waals surface area (Å²) in [6.45, 7) is 3.74. The van der Waals surface area contributed by atoms with E-state index in [2.05, 4.69) is 15.3 Å². The Morgan fingerprint density at radius 1 is 1.50 bits per heavy atom. The first-order valence-electron chi connectivity index (χ1n) is 6.42. The van der Waals surface area contributed by atoms with Gasteiger partial charge in [0.2, 0.25) is 5.95 Å². The molecule has 0 aliphatic rings. The van der Waals surface area contributed by atoms with Gasteiger partial charge in [-0.1, -0.05) is 0 Å². The monoisotopic (exact) mass is 275 g/mol. The van der Waals surface area contributed by atoms with Crippen LogP contribution in [-0.2, 0) is 6.42 Å². The molecule has 2 rings (SSSR count). The van der Waals surface area contributed by atoms with E-state index in [1.807, 2.05) is 19.1 Å². The van der Waals surface area contributed by atoms with Crippen molar-refractivity contribution in [2.24, 2.45) is 0 Å². The number of aromatic nitrogens is 2. The number of aromatic carboxylic acids is 1. The van der Waals surface area contributed by atoms with Gasteiger partial charge in [-0.15, -0.1) is 0 Å². The largest absolute Gasteiger partial charge is 0.477 e. The van der Waals surface area contributed by atoms with Gasteiger partial charge in [0.1, 0.15) is 5.76 Å². The average Bonchev–Trinajstić information content (AvgIpc) is 2.88. The number of carboxylic acids is 1. The van der Waals surface area contributed by atoms with Crippen molar-refractivity contribution in [3.63, 3.8) is 0 Å². The van der Waals surface area contributed by atoms with Gasteiger partial charge in [0.05, 0.1) is 6.26 Å². The van der Waals surface area contributed by atoms with Crippen LogP contribution >= 0.6 is 0 Å². The first-order chi connectivity index (χ1) is 9.54. The van der Waals surface area contributed by atoms with E-state index in [9.17, 15) is 4.79 Å². The van der Waals surface area contributed by atoms with Crippen molar-refractivity contribution in [3.05, 3.63) is 41.6 Å². The molecule has 0 spiro atoms. The van der Waals surface area contributed by atoms with Crippen LogP contribution in [0, 0.1) is 6.92 Å². The lowest BCUT2D eigenvalue weighted by Gasteiger charge is -2.13. The van der Waals surface area contributed by atoms with Crippen molar-refractivity contribution >= 4 is 11.9 Å². The summed E-state index contributed by atoms with van der Waals surface area (Å²) in [5.74, 6) is 0.214. The van der Waals surface area contributed by atoms with Gasteiger partial charge in [-0.05, 0) is 38.5 Å². The van der Waals surface area contributed by atoms with Gasteiger partial charge < -0.3 is 14.8 Å². The molecule has 2 aromatic rings. The fourth-order valence-corrected chi connectivity index (χ4v) is 1.85. The van der Waals surface area contributed by atoms with E-state index in [1.54, 1.807) is 13.2 Å². The Morgan fingerprint density at radius 3 is 2.95 bits per heavy atom. The standard InChI is InChI=1S/C14H17N3O3/c1-9(5-6-11-4-3-7-20-11)15-14-16-10(2)8-12(17-14)13(18)19/h3-4,7-9H,5-6H2,1-2H3,(H,18,19)(H,15,16,17). The number of nitrogens with one attached hydrogen (secondary N) is 1. The summed E-state index contributed by atoms with van der Waals surface area (Å²) >= 11 is 0. The Bertz CT molecular complexity index is 581. The molecule has 20 heavy (non-hydrogen) atoms. The summed E-state index contributed by atoms with van der Waals surface area (Å²) in [6, 6.07) is 5.35. The maximum Gasteiger partial charge on any atom is 0.354 e. The number of anilines is 1. The van der Waals surface area contributed by atoms with Crippen LogP contribution < -0.4 is 5.32 Å². The number of rotatable bonds is 6. The molecule has 6 nitrogen and oxygen atoms in total. The number of carboxylic acid groups (broad SMARTS) is 1. The number of nitrogens with zero attached hydrogens (tertiary/aromatic N) is 2. The summed E-state index contributed by atoms with van der Waals surface area (Å²) < 4.78 is 5.27. The van der Waals surface area contributed by atoms with Gasteiger partial charge in [-0.25, -0.2) is 14.8 Å². The van der Waals surface area contributed by atoms with Crippen molar-refractivity contribution in [2.75, 3.05) is 5.32 Å². The van der Waals surface area contributed by atoms with Crippen molar-refractivity contribution in [2.45, 2.75) is 32.7 Å². The highest BCUT2D eigenvalue weighted by Gasteiger charge is 2.11. The Hall–Kier alpha value is -2.37. The quantitative estimate of drug-likeness (QED) is 0.842. The highest BCUT2D eigenvalue weighted by molar-refractivity contribution is 5.85. The Balaban J connectivity index is 1.96. The summed E-state index contributed by atoms with van der Waals surface area (Å²) in [6.07, 6.45) is 3.29. The predicted molar refractivity (Wildman–Crippen MR) is 73.8 cm³/mol. The number of aryl methyl sites for hydroxylation is 2. The van der Waals surface area contributed by atoms with Crippen LogP contribution in [-0.4, -0.2) is 27.1 Å². The molecule has 2 aromatic heterocycles. The van der Waals surface area contributed by atoms with Crippen LogP contribution in [0.5, 0.6) is 0 Å². The second-order valence-electron chi connectivity index (χ2n) is 4.69. The molecule has 2 N–H and O–H groups in total. The van der Waals surface area contributed by atoms with E-state index < -0.39 is 5.97 Å². The lowest BCUT2D eigenvalue weighted by molar-refractivity contribution is 0.0690. The first-order valence-corrected chi connectivity index (χ1v) is 6.42. The molecule has 0 fully saturated rings. The molecule has 0 aliphatic carbocycles. The van der Waals surface area contributed by atoms with E-state index in [4.69, 9.17) is 9.52 Å². The Kier molecular flexibility index (Phi) is 4.34. The molecule has 6 heteroatoms. The van der Waals surface area contributed by atoms with E-state index in [1.165, 1.54) is 6.07 Å². The van der Waals surface area contributed by atoms with Crippen LogP contribution in [0.15, 0.2) is 28.9 Å². The third-order valence-corrected chi connectivity index (χ3v) is 2.85. The van der Waals surface area contributed by atoms with Gasteiger partial charge in [0.15, 0.2) is 5.69 Å². The van der Waals surface area contributed by atoms with Gasteiger partial charge in [0.25, 0.3) is 0 Å². The zero-order valence-electron chi connectivity index (χ0n) is 11.5. The molecule has 2 heterocycles. The summed E-state index contributed by atoms with van der Waals surface area (Å²) in [7, 11) is 0. The summed E-state index contributed by atoms with van der Waals surface area (Å²) in [5.41, 5.74) is 0.622. The molecule has 0 aromatic carbocycles. The molecule has 0 aliphatic heterocycles. The molecule has 1 atom stereocenters. The van der Waals surface area contributed by atoms with E-state index >= 15 is 0 Å². The molecular weight excluding hydrogens is 258 g/mol. The van der Waals surface area contributed by atoms with Crippen LogP contribution in [0.1, 0.15) is 35.3 Å². The van der Waals surface area contributed by atoms with E-state index in [0.29, 0.717) is 11.6 Å². The van der Waals surface area contributed by atoms with Gasteiger partial charge in [-0.2, -0.15) is 0 Å². The van der Waals surface area contributed by atoms with Gasteiger partial charge in [-0.3, -0.25) is 0 Å². The minimum Gasteiger partial charge on any atom is -0.477 e. The Morgan fingerprint density at radius 2 is 2.30 bits per heavy atom. The fourth-order valence-electron chi connectivity index (χ4n) is 1.85.